The summed E-state index contributed by atoms with van der Waals surface area (Å²) in [6.45, 7) is 9.91. The second kappa shape index (κ2) is 5.23. The lowest BCUT2D eigenvalue weighted by Gasteiger charge is -2.26. The lowest BCUT2D eigenvalue weighted by molar-refractivity contribution is -0.150. The first-order chi connectivity index (χ1) is 8.80. The van der Waals surface area contributed by atoms with Gasteiger partial charge in [0.25, 0.3) is 0 Å². The third kappa shape index (κ3) is 3.56. The summed E-state index contributed by atoms with van der Waals surface area (Å²) in [5.74, 6) is -0.526. The van der Waals surface area contributed by atoms with Gasteiger partial charge in [-0.2, -0.15) is 0 Å². The van der Waals surface area contributed by atoms with E-state index in [1.807, 2.05) is 6.92 Å². The Hall–Kier alpha value is -0.900. The highest BCUT2D eigenvalue weighted by Crippen LogP contribution is 2.30. The van der Waals surface area contributed by atoms with Crippen LogP contribution in [0.3, 0.4) is 0 Å². The van der Waals surface area contributed by atoms with E-state index in [9.17, 15) is 0 Å². The molecule has 0 saturated carbocycles. The topological polar surface area (TPSA) is 44.5 Å². The Morgan fingerprint density at radius 2 is 1.68 bits per heavy atom. The zero-order valence-corrected chi connectivity index (χ0v) is 12.4. The van der Waals surface area contributed by atoms with Gasteiger partial charge in [-0.05, 0) is 23.5 Å². The van der Waals surface area contributed by atoms with Crippen molar-refractivity contribution in [3.63, 3.8) is 0 Å². The van der Waals surface area contributed by atoms with Gasteiger partial charge >= 0.3 is 0 Å². The van der Waals surface area contributed by atoms with Crippen LogP contribution < -0.4 is 5.73 Å². The smallest absolute Gasteiger partial charge is 0.167 e. The van der Waals surface area contributed by atoms with Crippen molar-refractivity contribution in [2.24, 2.45) is 5.73 Å². The molecule has 1 saturated heterocycles. The molecule has 1 aromatic carbocycles. The van der Waals surface area contributed by atoms with Crippen LogP contribution in [0.15, 0.2) is 24.3 Å². The fraction of sp³-hybridized carbons (Fsp3) is 0.625. The predicted molar refractivity (Wildman–Crippen MR) is 77.0 cm³/mol. The highest BCUT2D eigenvalue weighted by Gasteiger charge is 2.33. The lowest BCUT2D eigenvalue weighted by atomic mass is 9.86. The molecule has 2 rings (SSSR count). The minimum absolute atomic E-state index is 0.0582. The van der Waals surface area contributed by atoms with E-state index in [2.05, 4.69) is 45.0 Å². The molecule has 1 unspecified atom stereocenters. The van der Waals surface area contributed by atoms with Gasteiger partial charge in [-0.15, -0.1) is 0 Å². The van der Waals surface area contributed by atoms with Crippen LogP contribution in [0.2, 0.25) is 0 Å². The number of nitrogens with two attached hydrogens (primary N) is 1. The number of ether oxygens (including phenoxy) is 2. The second-order valence-electron chi connectivity index (χ2n) is 6.51. The fourth-order valence-corrected chi connectivity index (χ4v) is 2.42. The van der Waals surface area contributed by atoms with Crippen LogP contribution in [0, 0.1) is 0 Å². The summed E-state index contributed by atoms with van der Waals surface area (Å²) in [5.41, 5.74) is 8.89. The van der Waals surface area contributed by atoms with Crippen molar-refractivity contribution in [1.82, 2.24) is 0 Å². The van der Waals surface area contributed by atoms with E-state index in [0.29, 0.717) is 19.6 Å². The molecular formula is C16H25NO2. The number of hydrogen-bond donors (Lipinski definition) is 1. The van der Waals surface area contributed by atoms with Gasteiger partial charge in [0.2, 0.25) is 0 Å². The highest BCUT2D eigenvalue weighted by molar-refractivity contribution is 5.29. The molecule has 0 aliphatic carbocycles. The summed E-state index contributed by atoms with van der Waals surface area (Å²) >= 11 is 0. The summed E-state index contributed by atoms with van der Waals surface area (Å²) in [5, 5.41) is 0. The number of benzene rings is 1. The van der Waals surface area contributed by atoms with Gasteiger partial charge in [-0.1, -0.05) is 45.0 Å². The fourth-order valence-electron chi connectivity index (χ4n) is 2.42. The van der Waals surface area contributed by atoms with E-state index in [1.165, 1.54) is 5.56 Å². The van der Waals surface area contributed by atoms with E-state index in [1.54, 1.807) is 0 Å². The van der Waals surface area contributed by atoms with Crippen molar-refractivity contribution in [3.05, 3.63) is 35.4 Å². The van der Waals surface area contributed by atoms with E-state index < -0.39 is 5.79 Å². The molecule has 1 atom stereocenters. The minimum atomic E-state index is -0.526. The molecule has 0 bridgehead atoms. The SMILES string of the molecule is CC1(CC(N)c2ccc(C(C)(C)C)cc2)OCCO1. The van der Waals surface area contributed by atoms with Crippen LogP contribution in [0.25, 0.3) is 0 Å². The van der Waals surface area contributed by atoms with Crippen LogP contribution in [-0.2, 0) is 14.9 Å². The lowest BCUT2D eigenvalue weighted by Crippen LogP contribution is -2.31. The van der Waals surface area contributed by atoms with Crippen LogP contribution in [0.5, 0.6) is 0 Å². The Balaban J connectivity index is 2.05. The molecule has 1 aromatic rings. The van der Waals surface area contributed by atoms with E-state index in [0.717, 1.165) is 5.56 Å². The van der Waals surface area contributed by atoms with Gasteiger partial charge < -0.3 is 15.2 Å². The van der Waals surface area contributed by atoms with Gasteiger partial charge in [0, 0.05) is 12.5 Å². The predicted octanol–water partition coefficient (Wildman–Crippen LogP) is 3.14. The molecule has 0 spiro atoms. The van der Waals surface area contributed by atoms with Crippen molar-refractivity contribution in [3.8, 4) is 0 Å². The van der Waals surface area contributed by atoms with E-state index >= 15 is 0 Å². The van der Waals surface area contributed by atoms with Crippen LogP contribution >= 0.6 is 0 Å². The van der Waals surface area contributed by atoms with Crippen LogP contribution in [0.4, 0.5) is 0 Å². The normalized spacial score (nSPS) is 20.5. The third-order valence-corrected chi connectivity index (χ3v) is 3.69. The molecule has 1 fully saturated rings. The average Bonchev–Trinajstić information content (AvgIpc) is 2.75. The Labute approximate surface area is 116 Å². The molecule has 2 N–H and O–H groups in total. The third-order valence-electron chi connectivity index (χ3n) is 3.69. The Morgan fingerprint density at radius 1 is 1.16 bits per heavy atom. The summed E-state index contributed by atoms with van der Waals surface area (Å²) in [4.78, 5) is 0. The van der Waals surface area contributed by atoms with Gasteiger partial charge in [0.15, 0.2) is 5.79 Å². The maximum Gasteiger partial charge on any atom is 0.167 e. The van der Waals surface area contributed by atoms with Crippen LogP contribution in [0.1, 0.15) is 51.3 Å². The molecule has 19 heavy (non-hydrogen) atoms. The molecular weight excluding hydrogens is 238 g/mol. The second-order valence-corrected chi connectivity index (χ2v) is 6.51. The Morgan fingerprint density at radius 3 is 2.16 bits per heavy atom. The first-order valence-corrected chi connectivity index (χ1v) is 6.94. The molecule has 0 amide bonds. The zero-order chi connectivity index (χ0) is 14.1. The summed E-state index contributed by atoms with van der Waals surface area (Å²) in [6, 6.07) is 8.49. The minimum Gasteiger partial charge on any atom is -0.348 e. The molecule has 1 aliphatic rings. The van der Waals surface area contributed by atoms with Crippen molar-refractivity contribution in [2.45, 2.75) is 51.4 Å². The summed E-state index contributed by atoms with van der Waals surface area (Å²) in [7, 11) is 0. The monoisotopic (exact) mass is 263 g/mol. The quantitative estimate of drug-likeness (QED) is 0.911. The zero-order valence-electron chi connectivity index (χ0n) is 12.4. The molecule has 1 heterocycles. The Kier molecular flexibility index (Phi) is 4.00. The van der Waals surface area contributed by atoms with Crippen molar-refractivity contribution < 1.29 is 9.47 Å². The standard InChI is InChI=1S/C16H25NO2/c1-15(2,3)13-7-5-12(6-8-13)14(17)11-16(4)18-9-10-19-16/h5-8,14H,9-11,17H2,1-4H3. The van der Waals surface area contributed by atoms with Gasteiger partial charge in [0.1, 0.15) is 0 Å². The summed E-state index contributed by atoms with van der Waals surface area (Å²) < 4.78 is 11.2. The summed E-state index contributed by atoms with van der Waals surface area (Å²) in [6.07, 6.45) is 0.682. The van der Waals surface area contributed by atoms with Crippen molar-refractivity contribution in [2.75, 3.05) is 13.2 Å². The van der Waals surface area contributed by atoms with Gasteiger partial charge in [0.05, 0.1) is 13.2 Å². The number of hydrogen-bond acceptors (Lipinski definition) is 3. The van der Waals surface area contributed by atoms with Gasteiger partial charge in [-0.25, -0.2) is 0 Å². The molecule has 0 aromatic heterocycles. The van der Waals surface area contributed by atoms with E-state index in [4.69, 9.17) is 15.2 Å². The first kappa shape index (κ1) is 14.5. The molecule has 3 heteroatoms. The molecule has 3 nitrogen and oxygen atoms in total. The maximum absolute atomic E-state index is 6.26. The first-order valence-electron chi connectivity index (χ1n) is 6.94. The maximum atomic E-state index is 6.26. The molecule has 1 aliphatic heterocycles. The highest BCUT2D eigenvalue weighted by atomic mass is 16.7. The van der Waals surface area contributed by atoms with Crippen molar-refractivity contribution >= 4 is 0 Å². The van der Waals surface area contributed by atoms with Crippen LogP contribution in [-0.4, -0.2) is 19.0 Å². The largest absolute Gasteiger partial charge is 0.348 e. The molecule has 0 radical (unpaired) electrons. The van der Waals surface area contributed by atoms with Crippen molar-refractivity contribution in [1.29, 1.82) is 0 Å². The van der Waals surface area contributed by atoms with E-state index in [-0.39, 0.29) is 11.5 Å². The molecule has 106 valence electrons. The average molecular weight is 263 g/mol. The van der Waals surface area contributed by atoms with Gasteiger partial charge in [-0.3, -0.25) is 0 Å². The number of rotatable bonds is 3. The Bertz CT molecular complexity index is 413.